The van der Waals surface area contributed by atoms with Gasteiger partial charge in [0.05, 0.1) is 0 Å². The van der Waals surface area contributed by atoms with E-state index < -0.39 is 18.1 Å². The third-order valence-electron chi connectivity index (χ3n) is 2.07. The Balaban J connectivity index is 2.84. The molecule has 0 bridgehead atoms. The normalized spacial score (nSPS) is 14.8. The molecule has 1 rings (SSSR count). The van der Waals surface area contributed by atoms with E-state index >= 15 is 0 Å². The Morgan fingerprint density at radius 1 is 1.43 bits per heavy atom. The quantitative estimate of drug-likeness (QED) is 0.872. The number of rotatable bonds is 3. The van der Waals surface area contributed by atoms with Crippen LogP contribution in [-0.4, -0.2) is 17.2 Å². The molecule has 0 aliphatic carbocycles. The average Bonchev–Trinajstić information content (AvgIpc) is 2.16. The molecule has 0 spiro atoms. The summed E-state index contributed by atoms with van der Waals surface area (Å²) in [5.41, 5.74) is 0.709. The van der Waals surface area contributed by atoms with Gasteiger partial charge in [0.15, 0.2) is 0 Å². The number of hydrogen-bond donors (Lipinski definition) is 1. The Morgan fingerprint density at radius 3 is 2.36 bits per heavy atom. The van der Waals surface area contributed by atoms with Gasteiger partial charge in [0.25, 0.3) is 0 Å². The van der Waals surface area contributed by atoms with E-state index in [1.54, 1.807) is 19.1 Å². The van der Waals surface area contributed by atoms with E-state index in [2.05, 4.69) is 22.6 Å². The number of benzene rings is 1. The molecule has 2 unspecified atom stereocenters. The third kappa shape index (κ3) is 2.67. The fourth-order valence-corrected chi connectivity index (χ4v) is 1.51. The molecule has 0 radical (unpaired) electrons. The molecule has 0 saturated heterocycles. The smallest absolute Gasteiger partial charge is 0.338 e. The average molecular weight is 308 g/mol. The second-order valence-electron chi connectivity index (χ2n) is 3.08. The molecule has 0 saturated carbocycles. The lowest BCUT2D eigenvalue weighted by atomic mass is 9.96. The lowest BCUT2D eigenvalue weighted by molar-refractivity contribution is -0.143. The number of aliphatic carboxylic acids is 1. The van der Waals surface area contributed by atoms with E-state index in [1.165, 1.54) is 0 Å². The number of alkyl halides is 1. The number of halogens is 2. The van der Waals surface area contributed by atoms with Crippen LogP contribution in [0.5, 0.6) is 0 Å². The van der Waals surface area contributed by atoms with Crippen molar-refractivity contribution in [1.82, 2.24) is 0 Å². The van der Waals surface area contributed by atoms with Gasteiger partial charge in [-0.1, -0.05) is 19.1 Å². The van der Waals surface area contributed by atoms with E-state index in [0.29, 0.717) is 5.56 Å². The van der Waals surface area contributed by atoms with E-state index in [9.17, 15) is 9.18 Å². The van der Waals surface area contributed by atoms with Crippen molar-refractivity contribution in [2.24, 2.45) is 0 Å². The van der Waals surface area contributed by atoms with Crippen LogP contribution in [0.1, 0.15) is 18.4 Å². The highest BCUT2D eigenvalue weighted by Crippen LogP contribution is 2.22. The van der Waals surface area contributed by atoms with Crippen LogP contribution in [0.25, 0.3) is 0 Å². The summed E-state index contributed by atoms with van der Waals surface area (Å²) in [4.78, 5) is 10.4. The van der Waals surface area contributed by atoms with Crippen LogP contribution in [0.15, 0.2) is 24.3 Å². The summed E-state index contributed by atoms with van der Waals surface area (Å²) in [5, 5.41) is 8.49. The van der Waals surface area contributed by atoms with Crippen molar-refractivity contribution < 1.29 is 14.3 Å². The van der Waals surface area contributed by atoms with Crippen LogP contribution < -0.4 is 0 Å². The maximum Gasteiger partial charge on any atom is 0.338 e. The first-order valence-electron chi connectivity index (χ1n) is 4.14. The maximum absolute atomic E-state index is 13.1. The van der Waals surface area contributed by atoms with Gasteiger partial charge in [-0.25, -0.2) is 9.18 Å². The van der Waals surface area contributed by atoms with Crippen LogP contribution in [0.4, 0.5) is 4.39 Å². The predicted molar refractivity (Wildman–Crippen MR) is 60.1 cm³/mol. The standard InChI is InChI=1S/C10H10FIO2/c1-6(9(11)10(13)14)7-2-4-8(12)5-3-7/h2-6,9H,1H3,(H,13,14). The highest BCUT2D eigenvalue weighted by atomic mass is 127. The molecule has 0 aliphatic heterocycles. The molecular formula is C10H10FIO2. The first-order valence-corrected chi connectivity index (χ1v) is 5.22. The molecule has 0 amide bonds. The number of hydrogen-bond acceptors (Lipinski definition) is 1. The molecule has 1 aromatic rings. The number of carboxylic acid groups (broad SMARTS) is 1. The van der Waals surface area contributed by atoms with E-state index in [1.807, 2.05) is 12.1 Å². The molecular weight excluding hydrogens is 298 g/mol. The summed E-state index contributed by atoms with van der Waals surface area (Å²) in [7, 11) is 0. The lowest BCUT2D eigenvalue weighted by Crippen LogP contribution is -2.21. The second kappa shape index (κ2) is 4.72. The van der Waals surface area contributed by atoms with Crippen molar-refractivity contribution in [3.05, 3.63) is 33.4 Å². The van der Waals surface area contributed by atoms with E-state index in [4.69, 9.17) is 5.11 Å². The summed E-state index contributed by atoms with van der Waals surface area (Å²) < 4.78 is 14.1. The van der Waals surface area contributed by atoms with Crippen LogP contribution in [0, 0.1) is 3.57 Å². The van der Waals surface area contributed by atoms with Gasteiger partial charge in [-0.15, -0.1) is 0 Å². The van der Waals surface area contributed by atoms with E-state index in [0.717, 1.165) is 3.57 Å². The molecule has 0 fully saturated rings. The van der Waals surface area contributed by atoms with Crippen molar-refractivity contribution in [3.8, 4) is 0 Å². The summed E-state index contributed by atoms with van der Waals surface area (Å²) >= 11 is 2.14. The van der Waals surface area contributed by atoms with Crippen LogP contribution in [0.3, 0.4) is 0 Å². The molecule has 2 nitrogen and oxygen atoms in total. The summed E-state index contributed by atoms with van der Waals surface area (Å²) in [6, 6.07) is 7.17. The van der Waals surface area contributed by atoms with Gasteiger partial charge in [0, 0.05) is 9.49 Å². The molecule has 0 heterocycles. The monoisotopic (exact) mass is 308 g/mol. The van der Waals surface area contributed by atoms with Crippen LogP contribution >= 0.6 is 22.6 Å². The maximum atomic E-state index is 13.1. The van der Waals surface area contributed by atoms with Crippen molar-refractivity contribution in [1.29, 1.82) is 0 Å². The zero-order chi connectivity index (χ0) is 10.7. The fraction of sp³-hybridized carbons (Fsp3) is 0.300. The topological polar surface area (TPSA) is 37.3 Å². The van der Waals surface area contributed by atoms with Crippen molar-refractivity contribution in [2.75, 3.05) is 0 Å². The van der Waals surface area contributed by atoms with Crippen molar-refractivity contribution in [3.63, 3.8) is 0 Å². The molecule has 14 heavy (non-hydrogen) atoms. The molecule has 1 aromatic carbocycles. The van der Waals surface area contributed by atoms with Gasteiger partial charge >= 0.3 is 5.97 Å². The number of carboxylic acids is 1. The highest BCUT2D eigenvalue weighted by Gasteiger charge is 2.24. The summed E-state index contributed by atoms with van der Waals surface area (Å²) in [6.07, 6.45) is -1.84. The van der Waals surface area contributed by atoms with Crippen LogP contribution in [0.2, 0.25) is 0 Å². The largest absolute Gasteiger partial charge is 0.479 e. The molecule has 4 heteroatoms. The van der Waals surface area contributed by atoms with Gasteiger partial charge in [-0.05, 0) is 40.3 Å². The minimum Gasteiger partial charge on any atom is -0.479 e. The Kier molecular flexibility index (Phi) is 3.86. The zero-order valence-electron chi connectivity index (χ0n) is 7.58. The third-order valence-corrected chi connectivity index (χ3v) is 2.79. The highest BCUT2D eigenvalue weighted by molar-refractivity contribution is 14.1. The lowest BCUT2D eigenvalue weighted by Gasteiger charge is -2.13. The predicted octanol–water partition coefficient (Wildman–Crippen LogP) is 2.82. The summed E-state index contributed by atoms with van der Waals surface area (Å²) in [5.74, 6) is -2.01. The van der Waals surface area contributed by atoms with E-state index in [-0.39, 0.29) is 0 Å². The molecule has 2 atom stereocenters. The minimum absolute atomic E-state index is 0.607. The van der Waals surface area contributed by atoms with Gasteiger partial charge < -0.3 is 5.11 Å². The van der Waals surface area contributed by atoms with Gasteiger partial charge in [0.1, 0.15) is 0 Å². The SMILES string of the molecule is CC(c1ccc(I)cc1)C(F)C(=O)O. The minimum atomic E-state index is -1.84. The molecule has 76 valence electrons. The number of carbonyl (C=O) groups is 1. The second-order valence-corrected chi connectivity index (χ2v) is 4.33. The zero-order valence-corrected chi connectivity index (χ0v) is 9.73. The fourth-order valence-electron chi connectivity index (χ4n) is 1.15. The summed E-state index contributed by atoms with van der Waals surface area (Å²) in [6.45, 7) is 1.57. The van der Waals surface area contributed by atoms with Gasteiger partial charge in [-0.2, -0.15) is 0 Å². The Labute approximate surface area is 95.3 Å². The Morgan fingerprint density at radius 2 is 1.93 bits per heavy atom. The van der Waals surface area contributed by atoms with Crippen molar-refractivity contribution in [2.45, 2.75) is 19.0 Å². The first kappa shape index (κ1) is 11.4. The van der Waals surface area contributed by atoms with Crippen molar-refractivity contribution >= 4 is 28.6 Å². The van der Waals surface area contributed by atoms with Gasteiger partial charge in [0.2, 0.25) is 6.17 Å². The molecule has 0 aliphatic rings. The molecule has 0 aromatic heterocycles. The van der Waals surface area contributed by atoms with Crippen LogP contribution in [-0.2, 0) is 4.79 Å². The van der Waals surface area contributed by atoms with Gasteiger partial charge in [-0.3, -0.25) is 0 Å². The first-order chi connectivity index (χ1) is 6.52. The molecule has 1 N–H and O–H groups in total. The Bertz CT molecular complexity index is 323. The Hall–Kier alpha value is -0.650.